The summed E-state index contributed by atoms with van der Waals surface area (Å²) >= 11 is 0. The van der Waals surface area contributed by atoms with E-state index >= 15 is 0 Å². The van der Waals surface area contributed by atoms with Crippen molar-refractivity contribution in [2.24, 2.45) is 0 Å². The lowest BCUT2D eigenvalue weighted by molar-refractivity contribution is -0.145. The Balaban J connectivity index is 2.80. The lowest BCUT2D eigenvalue weighted by Crippen LogP contribution is -2.57. The molecule has 4 heteroatoms. The van der Waals surface area contributed by atoms with Crippen LogP contribution in [0.2, 0.25) is 0 Å². The van der Waals surface area contributed by atoms with Gasteiger partial charge in [0.2, 0.25) is 0 Å². The fourth-order valence-corrected chi connectivity index (χ4v) is 2.44. The van der Waals surface area contributed by atoms with Gasteiger partial charge in [0.05, 0.1) is 17.2 Å². The van der Waals surface area contributed by atoms with Crippen molar-refractivity contribution in [3.63, 3.8) is 0 Å². The Morgan fingerprint density at radius 3 is 2.82 bits per heavy atom. The van der Waals surface area contributed by atoms with Gasteiger partial charge in [-0.05, 0) is 26.8 Å². The summed E-state index contributed by atoms with van der Waals surface area (Å²) in [7, 11) is 1.92. The smallest absolute Gasteiger partial charge is 0.140 e. The molecule has 1 aliphatic rings. The molecule has 0 aromatic rings. The van der Waals surface area contributed by atoms with E-state index in [4.69, 9.17) is 10.00 Å². The number of ether oxygens (including phenoxy) is 1. The number of nitriles is 1. The Morgan fingerprint density at radius 2 is 2.29 bits per heavy atom. The highest BCUT2D eigenvalue weighted by molar-refractivity contribution is 5.64. The van der Waals surface area contributed by atoms with Gasteiger partial charge in [-0.2, -0.15) is 5.26 Å². The fraction of sp³-hybridized carbons (Fsp3) is 0.846. The average Bonchev–Trinajstić information content (AvgIpc) is 2.35. The van der Waals surface area contributed by atoms with Crippen LogP contribution < -0.4 is 0 Å². The molecule has 1 heterocycles. The molecule has 4 nitrogen and oxygen atoms in total. The second kappa shape index (κ2) is 5.61. The zero-order valence-electron chi connectivity index (χ0n) is 11.0. The highest BCUT2D eigenvalue weighted by Crippen LogP contribution is 2.36. The molecule has 0 N–H and O–H groups in total. The van der Waals surface area contributed by atoms with Crippen LogP contribution in [-0.4, -0.2) is 42.5 Å². The number of aldehydes is 1. The van der Waals surface area contributed by atoms with E-state index in [9.17, 15) is 4.79 Å². The number of carbonyl (C=O) groups is 1. The van der Waals surface area contributed by atoms with Crippen molar-refractivity contribution in [2.75, 3.05) is 20.2 Å². The van der Waals surface area contributed by atoms with Crippen LogP contribution in [0.1, 0.15) is 39.5 Å². The van der Waals surface area contributed by atoms with Crippen molar-refractivity contribution in [3.8, 4) is 6.07 Å². The number of hydrogen-bond donors (Lipinski definition) is 0. The fourth-order valence-electron chi connectivity index (χ4n) is 2.44. The second-order valence-electron chi connectivity index (χ2n) is 5.13. The number of hydrogen-bond acceptors (Lipinski definition) is 4. The molecule has 0 spiro atoms. The Morgan fingerprint density at radius 1 is 1.59 bits per heavy atom. The van der Waals surface area contributed by atoms with E-state index in [1.165, 1.54) is 0 Å². The molecule has 0 amide bonds. The summed E-state index contributed by atoms with van der Waals surface area (Å²) in [6, 6.07) is 2.12. The molecule has 96 valence electrons. The van der Waals surface area contributed by atoms with Crippen LogP contribution >= 0.6 is 0 Å². The first-order valence-electron chi connectivity index (χ1n) is 6.20. The molecule has 0 aliphatic carbocycles. The van der Waals surface area contributed by atoms with E-state index in [1.807, 2.05) is 11.9 Å². The summed E-state index contributed by atoms with van der Waals surface area (Å²) in [5.74, 6) is 0. The number of likely N-dealkylation sites (N-methyl/N-ethyl adjacent to an activating group) is 1. The van der Waals surface area contributed by atoms with E-state index in [0.29, 0.717) is 32.4 Å². The van der Waals surface area contributed by atoms with E-state index in [2.05, 4.69) is 19.9 Å². The minimum Gasteiger partial charge on any atom is -0.375 e. The number of rotatable bonds is 5. The van der Waals surface area contributed by atoms with Gasteiger partial charge in [0.15, 0.2) is 0 Å². The Kier molecular flexibility index (Phi) is 4.67. The summed E-state index contributed by atoms with van der Waals surface area (Å²) in [5.41, 5.74) is -0.681. The highest BCUT2D eigenvalue weighted by Gasteiger charge is 2.44. The molecule has 0 aromatic carbocycles. The van der Waals surface area contributed by atoms with Crippen LogP contribution in [0.4, 0.5) is 0 Å². The van der Waals surface area contributed by atoms with Crippen LogP contribution in [0.5, 0.6) is 0 Å². The third-order valence-corrected chi connectivity index (χ3v) is 3.95. The normalized spacial score (nSPS) is 33.4. The molecule has 2 unspecified atom stereocenters. The summed E-state index contributed by atoms with van der Waals surface area (Å²) < 4.78 is 5.78. The Labute approximate surface area is 104 Å². The van der Waals surface area contributed by atoms with Gasteiger partial charge in [0, 0.05) is 26.0 Å². The van der Waals surface area contributed by atoms with Crippen LogP contribution in [0.3, 0.4) is 0 Å². The third kappa shape index (κ3) is 3.05. The van der Waals surface area contributed by atoms with Gasteiger partial charge < -0.3 is 9.53 Å². The first kappa shape index (κ1) is 14.1. The molecule has 1 saturated heterocycles. The quantitative estimate of drug-likeness (QED) is 0.685. The molecular weight excluding hydrogens is 216 g/mol. The van der Waals surface area contributed by atoms with Gasteiger partial charge in [-0.25, -0.2) is 0 Å². The third-order valence-electron chi connectivity index (χ3n) is 3.95. The Bertz CT molecular complexity index is 313. The first-order valence-corrected chi connectivity index (χ1v) is 6.20. The molecule has 17 heavy (non-hydrogen) atoms. The summed E-state index contributed by atoms with van der Waals surface area (Å²) in [5, 5.41) is 8.63. The summed E-state index contributed by atoms with van der Waals surface area (Å²) in [6.45, 7) is 5.38. The maximum atomic E-state index is 11.5. The topological polar surface area (TPSA) is 53.3 Å². The van der Waals surface area contributed by atoms with Gasteiger partial charge in [-0.1, -0.05) is 6.92 Å². The molecule has 1 fully saturated rings. The maximum absolute atomic E-state index is 11.5. The van der Waals surface area contributed by atoms with Gasteiger partial charge in [-0.3, -0.25) is 4.90 Å². The van der Waals surface area contributed by atoms with Gasteiger partial charge in [-0.15, -0.1) is 0 Å². The summed E-state index contributed by atoms with van der Waals surface area (Å²) in [4.78, 5) is 13.5. The molecule has 1 rings (SSSR count). The van der Waals surface area contributed by atoms with Crippen LogP contribution in [0.15, 0.2) is 0 Å². The SMILES string of the molecule is CCC1(C)CC(C=O)(N(C)CCC#N)CCO1. The molecular formula is C13H22N2O2. The maximum Gasteiger partial charge on any atom is 0.140 e. The van der Waals surface area contributed by atoms with Gasteiger partial charge >= 0.3 is 0 Å². The molecule has 0 saturated carbocycles. The molecule has 0 aromatic heterocycles. The lowest BCUT2D eigenvalue weighted by Gasteiger charge is -2.47. The van der Waals surface area contributed by atoms with Crippen molar-refractivity contribution < 1.29 is 9.53 Å². The number of carbonyl (C=O) groups excluding carboxylic acids is 1. The zero-order valence-corrected chi connectivity index (χ0v) is 11.0. The van der Waals surface area contributed by atoms with E-state index in [0.717, 1.165) is 12.7 Å². The van der Waals surface area contributed by atoms with Crippen LogP contribution in [0.25, 0.3) is 0 Å². The molecule has 2 atom stereocenters. The average molecular weight is 238 g/mol. The van der Waals surface area contributed by atoms with Crippen molar-refractivity contribution >= 4 is 6.29 Å². The van der Waals surface area contributed by atoms with E-state index in [-0.39, 0.29) is 5.60 Å². The molecule has 0 bridgehead atoms. The Hall–Kier alpha value is -0.920. The van der Waals surface area contributed by atoms with E-state index < -0.39 is 5.54 Å². The van der Waals surface area contributed by atoms with Crippen LogP contribution in [0, 0.1) is 11.3 Å². The minimum atomic E-state index is -0.458. The van der Waals surface area contributed by atoms with E-state index in [1.54, 1.807) is 0 Å². The monoisotopic (exact) mass is 238 g/mol. The molecule has 1 aliphatic heterocycles. The highest BCUT2D eigenvalue weighted by atomic mass is 16.5. The minimum absolute atomic E-state index is 0.222. The van der Waals surface area contributed by atoms with Gasteiger partial charge in [0.1, 0.15) is 6.29 Å². The van der Waals surface area contributed by atoms with Crippen molar-refractivity contribution in [1.82, 2.24) is 4.90 Å². The van der Waals surface area contributed by atoms with Crippen LogP contribution in [-0.2, 0) is 9.53 Å². The summed E-state index contributed by atoms with van der Waals surface area (Å²) in [6.07, 6.45) is 3.82. The van der Waals surface area contributed by atoms with Crippen molar-refractivity contribution in [2.45, 2.75) is 50.7 Å². The molecule has 0 radical (unpaired) electrons. The van der Waals surface area contributed by atoms with Crippen molar-refractivity contribution in [3.05, 3.63) is 0 Å². The number of nitrogens with zero attached hydrogens (tertiary/aromatic N) is 2. The van der Waals surface area contributed by atoms with Crippen molar-refractivity contribution in [1.29, 1.82) is 5.26 Å². The second-order valence-corrected chi connectivity index (χ2v) is 5.13. The standard InChI is InChI=1S/C13H22N2O2/c1-4-12(2)10-13(11-16,6-9-17-12)15(3)8-5-7-14/h11H,4-6,8-10H2,1-3H3. The zero-order chi connectivity index (χ0) is 12.9. The first-order chi connectivity index (χ1) is 8.02. The largest absolute Gasteiger partial charge is 0.375 e. The lowest BCUT2D eigenvalue weighted by atomic mass is 9.79. The predicted molar refractivity (Wildman–Crippen MR) is 65.5 cm³/mol. The van der Waals surface area contributed by atoms with Gasteiger partial charge in [0.25, 0.3) is 0 Å². The predicted octanol–water partition coefficient (Wildman–Crippen LogP) is 1.75.